The van der Waals surface area contributed by atoms with Gasteiger partial charge < -0.3 is 24.8 Å². The summed E-state index contributed by atoms with van der Waals surface area (Å²) in [6.45, 7) is 7.72. The molecule has 31 heavy (non-hydrogen) atoms. The van der Waals surface area contributed by atoms with E-state index >= 15 is 0 Å². The van der Waals surface area contributed by atoms with Gasteiger partial charge in [0.1, 0.15) is 17.6 Å². The molecule has 3 rings (SSSR count). The van der Waals surface area contributed by atoms with Crippen LogP contribution in [-0.4, -0.2) is 44.3 Å². The smallest absolute Gasteiger partial charge is 0.308 e. The molecule has 1 aliphatic heterocycles. The molecule has 0 saturated heterocycles. The van der Waals surface area contributed by atoms with Crippen molar-refractivity contribution in [2.75, 3.05) is 20.3 Å². The number of esters is 1. The highest BCUT2D eigenvalue weighted by Gasteiger charge is 2.27. The number of carbonyl (C=O) groups is 1. The van der Waals surface area contributed by atoms with E-state index in [0.717, 1.165) is 61.7 Å². The predicted molar refractivity (Wildman–Crippen MR) is 133 cm³/mol. The highest BCUT2D eigenvalue weighted by atomic mass is 127. The molecule has 174 valence electrons. The van der Waals surface area contributed by atoms with Gasteiger partial charge in [-0.1, -0.05) is 0 Å². The van der Waals surface area contributed by atoms with Gasteiger partial charge in [0.15, 0.2) is 5.96 Å². The molecule has 1 aromatic rings. The maximum absolute atomic E-state index is 11.9. The zero-order chi connectivity index (χ0) is 21.5. The quantitative estimate of drug-likeness (QED) is 0.235. The minimum Gasteiger partial charge on any atom is -0.496 e. The van der Waals surface area contributed by atoms with Crippen molar-refractivity contribution in [1.82, 2.24) is 10.6 Å². The lowest BCUT2D eigenvalue weighted by atomic mass is 9.86. The monoisotopic (exact) mass is 545 g/mol. The third-order valence-electron chi connectivity index (χ3n) is 5.74. The minimum absolute atomic E-state index is 0. The van der Waals surface area contributed by atoms with Crippen molar-refractivity contribution in [2.45, 2.75) is 71.6 Å². The molecule has 7 nitrogen and oxygen atoms in total. The lowest BCUT2D eigenvalue weighted by molar-refractivity contribution is -0.149. The Labute approximate surface area is 202 Å². The Morgan fingerprint density at radius 2 is 1.97 bits per heavy atom. The fraction of sp³-hybridized carbons (Fsp3) is 0.652. The van der Waals surface area contributed by atoms with Crippen molar-refractivity contribution in [3.63, 3.8) is 0 Å². The topological polar surface area (TPSA) is 81.2 Å². The summed E-state index contributed by atoms with van der Waals surface area (Å²) in [5, 5.41) is 6.86. The Hall–Kier alpha value is -1.71. The third kappa shape index (κ3) is 6.89. The average molecular weight is 545 g/mol. The molecule has 8 heteroatoms. The van der Waals surface area contributed by atoms with Crippen LogP contribution in [0.3, 0.4) is 0 Å². The molecule has 1 atom stereocenters. The van der Waals surface area contributed by atoms with Gasteiger partial charge in [-0.2, -0.15) is 0 Å². The van der Waals surface area contributed by atoms with Crippen molar-refractivity contribution >= 4 is 35.9 Å². The van der Waals surface area contributed by atoms with Crippen molar-refractivity contribution in [1.29, 1.82) is 0 Å². The maximum atomic E-state index is 11.9. The lowest BCUT2D eigenvalue weighted by Crippen LogP contribution is -2.45. The zero-order valence-electron chi connectivity index (χ0n) is 19.0. The van der Waals surface area contributed by atoms with E-state index < -0.39 is 0 Å². The standard InChI is InChI=1S/C23H35N3O4.HI/c1-5-24-23(26-19-9-7-16(8-10-19)22(27)29-6-2)25-14-18-13-21-17(11-15(3)30-21)12-20(18)28-4;/h12-13,15-16,19H,5-11,14H2,1-4H3,(H2,24,25,26);1H. The molecule has 0 bridgehead atoms. The first-order valence-corrected chi connectivity index (χ1v) is 11.1. The van der Waals surface area contributed by atoms with Crippen LogP contribution in [0.2, 0.25) is 0 Å². The average Bonchev–Trinajstić information content (AvgIpc) is 3.10. The number of hydrogen-bond donors (Lipinski definition) is 2. The normalized spacial score (nSPS) is 22.6. The summed E-state index contributed by atoms with van der Waals surface area (Å²) in [4.78, 5) is 16.7. The van der Waals surface area contributed by atoms with Crippen LogP contribution in [0.4, 0.5) is 0 Å². The second kappa shape index (κ2) is 12.4. The SMILES string of the molecule is CCNC(=NCc1cc2c(cc1OC)CC(C)O2)NC1CCC(C(=O)OCC)CC1.I. The number of nitrogens with one attached hydrogen (secondary N) is 2. The van der Waals surface area contributed by atoms with Crippen LogP contribution in [0.25, 0.3) is 0 Å². The molecule has 0 aromatic heterocycles. The van der Waals surface area contributed by atoms with E-state index in [0.29, 0.717) is 19.2 Å². The molecule has 0 spiro atoms. The number of methoxy groups -OCH3 is 1. The number of nitrogens with zero attached hydrogens (tertiary/aromatic N) is 1. The van der Waals surface area contributed by atoms with Crippen molar-refractivity contribution < 1.29 is 19.0 Å². The summed E-state index contributed by atoms with van der Waals surface area (Å²) in [7, 11) is 1.69. The van der Waals surface area contributed by atoms with E-state index in [1.54, 1.807) is 7.11 Å². The van der Waals surface area contributed by atoms with Crippen LogP contribution in [0.1, 0.15) is 57.6 Å². The van der Waals surface area contributed by atoms with Crippen LogP contribution in [0.5, 0.6) is 11.5 Å². The number of halogens is 1. The molecule has 1 saturated carbocycles. The van der Waals surface area contributed by atoms with Crippen LogP contribution in [-0.2, 0) is 22.5 Å². The molecule has 1 aromatic carbocycles. The molecule has 1 heterocycles. The van der Waals surface area contributed by atoms with E-state index in [2.05, 4.69) is 36.6 Å². The Morgan fingerprint density at radius 3 is 2.61 bits per heavy atom. The highest BCUT2D eigenvalue weighted by Crippen LogP contribution is 2.35. The fourth-order valence-corrected chi connectivity index (χ4v) is 4.21. The number of guanidine groups is 1. The Balaban J connectivity index is 0.00000341. The summed E-state index contributed by atoms with van der Waals surface area (Å²) in [5.74, 6) is 2.54. The van der Waals surface area contributed by atoms with Crippen molar-refractivity contribution in [3.05, 3.63) is 23.3 Å². The second-order valence-corrected chi connectivity index (χ2v) is 8.04. The fourth-order valence-electron chi connectivity index (χ4n) is 4.21. The Bertz CT molecular complexity index is 763. The van der Waals surface area contributed by atoms with Gasteiger partial charge in [-0.3, -0.25) is 4.79 Å². The van der Waals surface area contributed by atoms with E-state index in [9.17, 15) is 4.79 Å². The molecule has 1 unspecified atom stereocenters. The summed E-state index contributed by atoms with van der Waals surface area (Å²) >= 11 is 0. The number of benzene rings is 1. The van der Waals surface area contributed by atoms with Gasteiger partial charge in [-0.05, 0) is 58.6 Å². The van der Waals surface area contributed by atoms with Crippen LogP contribution >= 0.6 is 24.0 Å². The van der Waals surface area contributed by atoms with Crippen LogP contribution in [0, 0.1) is 5.92 Å². The van der Waals surface area contributed by atoms with Gasteiger partial charge in [0.2, 0.25) is 0 Å². The summed E-state index contributed by atoms with van der Waals surface area (Å²) in [6, 6.07) is 4.43. The van der Waals surface area contributed by atoms with Crippen LogP contribution in [0.15, 0.2) is 17.1 Å². The van der Waals surface area contributed by atoms with Gasteiger partial charge in [-0.15, -0.1) is 24.0 Å². The number of rotatable bonds is 7. The molecule has 2 N–H and O–H groups in total. The zero-order valence-corrected chi connectivity index (χ0v) is 21.4. The molecular weight excluding hydrogens is 509 g/mol. The summed E-state index contributed by atoms with van der Waals surface area (Å²) in [6.07, 6.45) is 4.68. The first kappa shape index (κ1) is 25.5. The first-order chi connectivity index (χ1) is 14.5. The third-order valence-corrected chi connectivity index (χ3v) is 5.74. The minimum atomic E-state index is -0.0586. The number of hydrogen-bond acceptors (Lipinski definition) is 5. The Kier molecular flexibility index (Phi) is 10.2. The van der Waals surface area contributed by atoms with Crippen molar-refractivity contribution in [2.24, 2.45) is 10.9 Å². The highest BCUT2D eigenvalue weighted by molar-refractivity contribution is 14.0. The molecule has 2 aliphatic rings. The first-order valence-electron chi connectivity index (χ1n) is 11.1. The predicted octanol–water partition coefficient (Wildman–Crippen LogP) is 3.81. The van der Waals surface area contributed by atoms with E-state index in [-0.39, 0.29) is 42.0 Å². The second-order valence-electron chi connectivity index (χ2n) is 8.04. The summed E-state index contributed by atoms with van der Waals surface area (Å²) < 4.78 is 16.7. The van der Waals surface area contributed by atoms with E-state index in [1.807, 2.05) is 6.92 Å². The molecule has 1 fully saturated rings. The lowest BCUT2D eigenvalue weighted by Gasteiger charge is -2.29. The van der Waals surface area contributed by atoms with Gasteiger partial charge in [0.25, 0.3) is 0 Å². The van der Waals surface area contributed by atoms with Crippen LogP contribution < -0.4 is 20.1 Å². The molecule has 0 radical (unpaired) electrons. The van der Waals surface area contributed by atoms with Gasteiger partial charge in [0, 0.05) is 30.1 Å². The van der Waals surface area contributed by atoms with Crippen molar-refractivity contribution in [3.8, 4) is 11.5 Å². The van der Waals surface area contributed by atoms with E-state index in [4.69, 9.17) is 19.2 Å². The number of carbonyl (C=O) groups excluding carboxylic acids is 1. The summed E-state index contributed by atoms with van der Waals surface area (Å²) in [5.41, 5.74) is 2.20. The number of aliphatic imine (C=N–C) groups is 1. The number of ether oxygens (including phenoxy) is 3. The molecular formula is C23H36IN3O4. The van der Waals surface area contributed by atoms with Gasteiger partial charge >= 0.3 is 5.97 Å². The van der Waals surface area contributed by atoms with Gasteiger partial charge in [0.05, 0.1) is 26.2 Å². The molecule has 1 aliphatic carbocycles. The largest absolute Gasteiger partial charge is 0.496 e. The van der Waals surface area contributed by atoms with Gasteiger partial charge in [-0.25, -0.2) is 4.99 Å². The molecule has 0 amide bonds. The number of fused-ring (bicyclic) bond motifs is 1. The Morgan fingerprint density at radius 1 is 1.23 bits per heavy atom. The maximum Gasteiger partial charge on any atom is 0.308 e. The van der Waals surface area contributed by atoms with E-state index in [1.165, 1.54) is 5.56 Å².